The Morgan fingerprint density at radius 2 is 2.00 bits per heavy atom. The summed E-state index contributed by atoms with van der Waals surface area (Å²) in [4.78, 5) is 0. The van der Waals surface area contributed by atoms with Crippen LogP contribution >= 0.6 is 0 Å². The van der Waals surface area contributed by atoms with Gasteiger partial charge < -0.3 is 5.32 Å². The zero-order valence-electron chi connectivity index (χ0n) is 12.6. The predicted octanol–water partition coefficient (Wildman–Crippen LogP) is 3.64. The fourth-order valence-electron chi connectivity index (χ4n) is 2.31. The Morgan fingerprint density at radius 3 is 2.57 bits per heavy atom. The van der Waals surface area contributed by atoms with Gasteiger partial charge in [-0.2, -0.15) is 5.10 Å². The van der Waals surface area contributed by atoms with Crippen molar-refractivity contribution in [3.8, 4) is 0 Å². The molecule has 2 rings (SSSR count). The first-order valence-corrected chi connectivity index (χ1v) is 7.23. The summed E-state index contributed by atoms with van der Waals surface area (Å²) in [5, 5.41) is 7.72. The number of hydrogen-bond acceptors (Lipinski definition) is 2. The largest absolute Gasteiger partial charge is 0.310 e. The van der Waals surface area contributed by atoms with Gasteiger partial charge in [-0.1, -0.05) is 13.0 Å². The number of hydrogen-bond donors (Lipinski definition) is 1. The van der Waals surface area contributed by atoms with Gasteiger partial charge in [0.05, 0.1) is 5.69 Å². The Hall–Kier alpha value is -1.75. The highest BCUT2D eigenvalue weighted by molar-refractivity contribution is 5.23. The molecule has 3 nitrogen and oxygen atoms in total. The van der Waals surface area contributed by atoms with Crippen molar-refractivity contribution in [2.45, 2.75) is 39.3 Å². The molecule has 1 N–H and O–H groups in total. The number of benzene rings is 1. The number of nitrogens with one attached hydrogen (secondary N) is 1. The molecule has 1 unspecified atom stereocenters. The first kappa shape index (κ1) is 15.6. The lowest BCUT2D eigenvalue weighted by atomic mass is 10.0. The number of nitrogens with zero attached hydrogens (tertiary/aromatic N) is 2. The summed E-state index contributed by atoms with van der Waals surface area (Å²) in [6.45, 7) is 6.77. The first-order valence-electron chi connectivity index (χ1n) is 7.23. The molecule has 0 radical (unpaired) electrons. The molecule has 0 aliphatic rings. The maximum absolute atomic E-state index is 14.0. The molecule has 0 spiro atoms. The van der Waals surface area contributed by atoms with Gasteiger partial charge in [0.15, 0.2) is 0 Å². The lowest BCUT2D eigenvalue weighted by Crippen LogP contribution is -2.24. The van der Waals surface area contributed by atoms with Gasteiger partial charge in [-0.25, -0.2) is 8.78 Å². The number of rotatable bonds is 6. The summed E-state index contributed by atoms with van der Waals surface area (Å²) in [6.07, 6.45) is 2.49. The van der Waals surface area contributed by atoms with E-state index >= 15 is 0 Å². The molecule has 1 aromatic carbocycles. The molecular weight excluding hydrogens is 272 g/mol. The predicted molar refractivity (Wildman–Crippen MR) is 79.1 cm³/mol. The quantitative estimate of drug-likeness (QED) is 0.881. The number of aromatic nitrogens is 2. The molecule has 5 heteroatoms. The van der Waals surface area contributed by atoms with Crippen molar-refractivity contribution >= 4 is 0 Å². The SMILES string of the molecule is CCNC(Cc1ccn(C(C)C)n1)c1ccc(F)cc1F. The van der Waals surface area contributed by atoms with Gasteiger partial charge in [0.2, 0.25) is 0 Å². The molecule has 0 saturated heterocycles. The lowest BCUT2D eigenvalue weighted by Gasteiger charge is -2.18. The average Bonchev–Trinajstić information content (AvgIpc) is 2.87. The lowest BCUT2D eigenvalue weighted by molar-refractivity contribution is 0.486. The minimum absolute atomic E-state index is 0.217. The van der Waals surface area contributed by atoms with E-state index in [0.29, 0.717) is 24.6 Å². The van der Waals surface area contributed by atoms with Crippen LogP contribution in [0, 0.1) is 11.6 Å². The summed E-state index contributed by atoms with van der Waals surface area (Å²) >= 11 is 0. The van der Waals surface area contributed by atoms with E-state index in [2.05, 4.69) is 24.3 Å². The fraction of sp³-hybridized carbons (Fsp3) is 0.438. The van der Waals surface area contributed by atoms with Crippen molar-refractivity contribution in [3.63, 3.8) is 0 Å². The van der Waals surface area contributed by atoms with Gasteiger partial charge in [0, 0.05) is 36.3 Å². The van der Waals surface area contributed by atoms with E-state index < -0.39 is 11.6 Å². The van der Waals surface area contributed by atoms with Crippen LogP contribution < -0.4 is 5.32 Å². The zero-order chi connectivity index (χ0) is 15.4. The summed E-state index contributed by atoms with van der Waals surface area (Å²) in [5.74, 6) is -1.08. The Kier molecular flexibility index (Phi) is 5.07. The van der Waals surface area contributed by atoms with Gasteiger partial charge in [-0.3, -0.25) is 4.68 Å². The molecule has 0 aliphatic heterocycles. The maximum Gasteiger partial charge on any atom is 0.130 e. The molecule has 0 fully saturated rings. The van der Waals surface area contributed by atoms with Crippen LogP contribution in [0.2, 0.25) is 0 Å². The van der Waals surface area contributed by atoms with Crippen molar-refractivity contribution < 1.29 is 8.78 Å². The van der Waals surface area contributed by atoms with E-state index in [-0.39, 0.29) is 6.04 Å². The van der Waals surface area contributed by atoms with Crippen LogP contribution in [0.25, 0.3) is 0 Å². The third-order valence-electron chi connectivity index (χ3n) is 3.39. The highest BCUT2D eigenvalue weighted by Crippen LogP contribution is 2.22. The van der Waals surface area contributed by atoms with Gasteiger partial charge in [-0.15, -0.1) is 0 Å². The standard InChI is InChI=1S/C16H21F2N3/c1-4-19-16(14-6-5-12(17)9-15(14)18)10-13-7-8-21(20-13)11(2)3/h5-9,11,16,19H,4,10H2,1-3H3. The second-order valence-electron chi connectivity index (χ2n) is 5.36. The van der Waals surface area contributed by atoms with Gasteiger partial charge in [-0.05, 0) is 32.5 Å². The fourth-order valence-corrected chi connectivity index (χ4v) is 2.31. The normalized spacial score (nSPS) is 12.9. The van der Waals surface area contributed by atoms with Gasteiger partial charge >= 0.3 is 0 Å². The van der Waals surface area contributed by atoms with Gasteiger partial charge in [0.25, 0.3) is 0 Å². The Balaban J connectivity index is 2.21. The molecule has 0 amide bonds. The van der Waals surface area contributed by atoms with Crippen molar-refractivity contribution in [1.82, 2.24) is 15.1 Å². The second-order valence-corrected chi connectivity index (χ2v) is 5.36. The topological polar surface area (TPSA) is 29.9 Å². The molecule has 21 heavy (non-hydrogen) atoms. The van der Waals surface area contributed by atoms with Crippen LogP contribution in [-0.4, -0.2) is 16.3 Å². The van der Waals surface area contributed by atoms with Crippen LogP contribution in [0.15, 0.2) is 30.5 Å². The minimum atomic E-state index is -0.560. The summed E-state index contributed by atoms with van der Waals surface area (Å²) in [6, 6.07) is 5.72. The van der Waals surface area contributed by atoms with E-state index in [9.17, 15) is 8.78 Å². The van der Waals surface area contributed by atoms with Crippen LogP contribution in [0.5, 0.6) is 0 Å². The van der Waals surface area contributed by atoms with E-state index in [4.69, 9.17) is 0 Å². The monoisotopic (exact) mass is 293 g/mol. The van der Waals surface area contributed by atoms with Crippen molar-refractivity contribution in [2.75, 3.05) is 6.54 Å². The molecule has 0 aliphatic carbocycles. The molecule has 0 bridgehead atoms. The van der Waals surface area contributed by atoms with E-state index in [1.807, 2.05) is 23.9 Å². The van der Waals surface area contributed by atoms with Crippen LogP contribution in [-0.2, 0) is 6.42 Å². The Labute approximate surface area is 124 Å². The minimum Gasteiger partial charge on any atom is -0.310 e. The third kappa shape index (κ3) is 3.88. The number of halogens is 2. The number of likely N-dealkylation sites (N-methyl/N-ethyl adjacent to an activating group) is 1. The average molecular weight is 293 g/mol. The molecule has 2 aromatic rings. The van der Waals surface area contributed by atoms with Crippen molar-refractivity contribution in [3.05, 3.63) is 53.4 Å². The summed E-state index contributed by atoms with van der Waals surface area (Å²) < 4.78 is 28.9. The van der Waals surface area contributed by atoms with Crippen LogP contribution in [0.3, 0.4) is 0 Å². The maximum atomic E-state index is 14.0. The molecular formula is C16H21F2N3. The molecule has 1 aromatic heterocycles. The highest BCUT2D eigenvalue weighted by Gasteiger charge is 2.17. The van der Waals surface area contributed by atoms with Crippen LogP contribution in [0.1, 0.15) is 44.1 Å². The molecule has 1 heterocycles. The smallest absolute Gasteiger partial charge is 0.130 e. The van der Waals surface area contributed by atoms with E-state index in [1.165, 1.54) is 12.1 Å². The van der Waals surface area contributed by atoms with E-state index in [0.717, 1.165) is 11.8 Å². The summed E-state index contributed by atoms with van der Waals surface area (Å²) in [5.41, 5.74) is 1.36. The first-order chi connectivity index (χ1) is 10.0. The Bertz CT molecular complexity index is 593. The molecule has 114 valence electrons. The zero-order valence-corrected chi connectivity index (χ0v) is 12.6. The third-order valence-corrected chi connectivity index (χ3v) is 3.39. The van der Waals surface area contributed by atoms with Crippen LogP contribution in [0.4, 0.5) is 8.78 Å². The molecule has 1 atom stereocenters. The van der Waals surface area contributed by atoms with E-state index in [1.54, 1.807) is 0 Å². The summed E-state index contributed by atoms with van der Waals surface area (Å²) in [7, 11) is 0. The molecule has 0 saturated carbocycles. The van der Waals surface area contributed by atoms with Gasteiger partial charge in [0.1, 0.15) is 11.6 Å². The second kappa shape index (κ2) is 6.80. The highest BCUT2D eigenvalue weighted by atomic mass is 19.1. The van der Waals surface area contributed by atoms with Crippen molar-refractivity contribution in [1.29, 1.82) is 0 Å². The Morgan fingerprint density at radius 1 is 1.24 bits per heavy atom. The van der Waals surface area contributed by atoms with Crippen molar-refractivity contribution in [2.24, 2.45) is 0 Å².